The van der Waals surface area contributed by atoms with E-state index in [2.05, 4.69) is 29.7 Å². The van der Waals surface area contributed by atoms with Crippen molar-refractivity contribution in [2.45, 2.75) is 84.3 Å². The molecule has 50 heavy (non-hydrogen) atoms. The van der Waals surface area contributed by atoms with Crippen LogP contribution in [0.1, 0.15) is 72.3 Å². The van der Waals surface area contributed by atoms with Gasteiger partial charge in [-0.05, 0) is 62.9 Å². The van der Waals surface area contributed by atoms with Crippen LogP contribution in [0.2, 0.25) is 0 Å². The van der Waals surface area contributed by atoms with Gasteiger partial charge in [-0.2, -0.15) is 13.2 Å². The lowest BCUT2D eigenvalue weighted by atomic mass is 9.94. The Balaban J connectivity index is 0.00000181. The van der Waals surface area contributed by atoms with E-state index in [1.165, 1.54) is 18.4 Å². The van der Waals surface area contributed by atoms with Crippen LogP contribution in [0.3, 0.4) is 0 Å². The fraction of sp³-hybridized carbons (Fsp3) is 0.459. The molecule has 4 heterocycles. The fourth-order valence-corrected chi connectivity index (χ4v) is 5.75. The Labute approximate surface area is 296 Å². The Kier molecular flexibility index (Phi) is 13.6. The molecule has 2 N–H and O–H groups in total. The summed E-state index contributed by atoms with van der Waals surface area (Å²) in [5, 5.41) is 14.7. The van der Waals surface area contributed by atoms with Crippen LogP contribution in [0.4, 0.5) is 24.8 Å². The minimum atomic E-state index is -4.41. The predicted molar refractivity (Wildman–Crippen MR) is 193 cm³/mol. The Morgan fingerprint density at radius 2 is 1.74 bits per heavy atom. The van der Waals surface area contributed by atoms with E-state index in [1.54, 1.807) is 23.9 Å². The normalized spacial score (nSPS) is 14.7. The molecule has 13 heteroatoms. The average molecular weight is 713 g/mol. The van der Waals surface area contributed by atoms with Gasteiger partial charge in [0.05, 0.1) is 22.7 Å². The van der Waals surface area contributed by atoms with Crippen LogP contribution in [-0.2, 0) is 11.2 Å². The van der Waals surface area contributed by atoms with Gasteiger partial charge in [0.25, 0.3) is 0 Å². The standard InChI is InChI=1S/C34H39F3N6O3S.C3H8/c1-23(32(44)45)21-42-19-9-5-4-6-11-24-12-7-8-13-25(24)31-26(16-17-27(38-31)41-47-30-15-10-14-28(42)39-30)43-20-18-29(40-43)46-22-33(2,3)34(35,36)37;1-3-2/h7-8,10,12-18,20,23H,4-6,9,11,19,21-22H2,1-3H3,(H,38,41)(H,44,45);3H2,1-2H3. The minimum Gasteiger partial charge on any atom is -0.481 e. The SMILES string of the molecule is CC(CN1CCCCCCc2ccccc2-c2nc(ccc2-n2ccc(OCC(C)(C)C(F)(F)F)n2)NSc2cccc1n2)C(=O)O.CCC. The molecule has 1 aliphatic heterocycles. The average Bonchev–Trinajstić information content (AvgIpc) is 3.56. The number of benzene rings is 1. The number of rotatable bonds is 7. The number of fused-ring (bicyclic) bond motifs is 6. The molecular formula is C37H47F3N6O3S. The van der Waals surface area contributed by atoms with Gasteiger partial charge in [-0.25, -0.2) is 14.6 Å². The maximum atomic E-state index is 13.4. The number of aryl methyl sites for hydroxylation is 1. The Hall–Kier alpha value is -4.26. The molecule has 4 aromatic rings. The maximum absolute atomic E-state index is 13.4. The van der Waals surface area contributed by atoms with Gasteiger partial charge in [0.15, 0.2) is 0 Å². The summed E-state index contributed by atoms with van der Waals surface area (Å²) < 4.78 is 50.5. The number of aromatic nitrogens is 4. The number of nitrogens with zero attached hydrogens (tertiary/aromatic N) is 5. The first-order chi connectivity index (χ1) is 23.8. The van der Waals surface area contributed by atoms with Crippen LogP contribution in [0.25, 0.3) is 16.9 Å². The van der Waals surface area contributed by atoms with Crippen LogP contribution in [-0.4, -0.2) is 56.7 Å². The first kappa shape index (κ1) is 38.5. The number of hydrogen-bond acceptors (Lipinski definition) is 8. The van der Waals surface area contributed by atoms with Crippen molar-refractivity contribution < 1.29 is 27.8 Å². The molecule has 0 fully saturated rings. The number of carboxylic acids is 1. The van der Waals surface area contributed by atoms with Crippen molar-refractivity contribution in [3.8, 4) is 22.8 Å². The van der Waals surface area contributed by atoms with Crippen molar-refractivity contribution >= 4 is 29.6 Å². The van der Waals surface area contributed by atoms with Gasteiger partial charge in [-0.3, -0.25) is 4.79 Å². The van der Waals surface area contributed by atoms with Gasteiger partial charge in [-0.15, -0.1) is 5.10 Å². The van der Waals surface area contributed by atoms with E-state index in [-0.39, 0.29) is 5.88 Å². The Bertz CT molecular complexity index is 1700. The van der Waals surface area contributed by atoms with E-state index in [4.69, 9.17) is 14.7 Å². The van der Waals surface area contributed by atoms with Gasteiger partial charge in [0.1, 0.15) is 23.3 Å². The molecule has 3 aromatic heterocycles. The van der Waals surface area contributed by atoms with Crippen molar-refractivity contribution in [1.82, 2.24) is 19.7 Å². The van der Waals surface area contributed by atoms with E-state index >= 15 is 0 Å². The van der Waals surface area contributed by atoms with Crippen molar-refractivity contribution in [1.29, 1.82) is 0 Å². The van der Waals surface area contributed by atoms with Crippen LogP contribution in [0, 0.1) is 11.3 Å². The second kappa shape index (κ2) is 17.6. The number of carboxylic acid groups (broad SMARTS) is 1. The van der Waals surface area contributed by atoms with Gasteiger partial charge < -0.3 is 19.5 Å². The predicted octanol–water partition coefficient (Wildman–Crippen LogP) is 9.48. The highest BCUT2D eigenvalue weighted by Crippen LogP contribution is 2.38. The first-order valence-electron chi connectivity index (χ1n) is 17.1. The summed E-state index contributed by atoms with van der Waals surface area (Å²) in [4.78, 5) is 23.5. The smallest absolute Gasteiger partial charge is 0.397 e. The number of aliphatic carboxylic acids is 1. The summed E-state index contributed by atoms with van der Waals surface area (Å²) in [7, 11) is 0. The number of ether oxygens (including phenoxy) is 1. The zero-order valence-electron chi connectivity index (χ0n) is 29.3. The third-order valence-corrected chi connectivity index (χ3v) is 8.89. The molecule has 0 aliphatic carbocycles. The number of nitrogens with one attached hydrogen (secondary N) is 1. The molecule has 270 valence electrons. The highest BCUT2D eigenvalue weighted by atomic mass is 32.2. The second-order valence-electron chi connectivity index (χ2n) is 13.1. The van der Waals surface area contributed by atoms with Crippen molar-refractivity contribution in [3.05, 3.63) is 72.4 Å². The number of carbonyl (C=O) groups is 1. The number of hydrogen-bond donors (Lipinski definition) is 2. The molecule has 1 unspecified atom stereocenters. The molecule has 9 nitrogen and oxygen atoms in total. The molecule has 0 radical (unpaired) electrons. The van der Waals surface area contributed by atoms with Gasteiger partial charge in [0.2, 0.25) is 5.88 Å². The van der Waals surface area contributed by atoms with Crippen LogP contribution in [0.15, 0.2) is 71.9 Å². The van der Waals surface area contributed by atoms with Crippen molar-refractivity contribution in [2.24, 2.45) is 11.3 Å². The lowest BCUT2D eigenvalue weighted by molar-refractivity contribution is -0.219. The molecule has 0 saturated carbocycles. The molecule has 1 aliphatic rings. The molecule has 0 saturated heterocycles. The van der Waals surface area contributed by atoms with E-state index in [0.29, 0.717) is 35.3 Å². The molecule has 0 amide bonds. The van der Waals surface area contributed by atoms with Gasteiger partial charge >= 0.3 is 12.1 Å². The molecule has 1 atom stereocenters. The third-order valence-electron chi connectivity index (χ3n) is 8.14. The summed E-state index contributed by atoms with van der Waals surface area (Å²) in [5.74, 6) is 0.00602. The summed E-state index contributed by atoms with van der Waals surface area (Å²) in [6, 6.07) is 19.0. The Morgan fingerprint density at radius 3 is 2.48 bits per heavy atom. The molecule has 4 bridgehead atoms. The Morgan fingerprint density at radius 1 is 1.00 bits per heavy atom. The minimum absolute atomic E-state index is 0.0857. The summed E-state index contributed by atoms with van der Waals surface area (Å²) in [6.45, 7) is 8.66. The number of alkyl halides is 3. The molecular weight excluding hydrogens is 666 g/mol. The largest absolute Gasteiger partial charge is 0.481 e. The number of anilines is 2. The number of halogens is 3. The summed E-state index contributed by atoms with van der Waals surface area (Å²) >= 11 is 1.30. The zero-order valence-corrected chi connectivity index (χ0v) is 30.2. The van der Waals surface area contributed by atoms with Crippen molar-refractivity contribution in [3.63, 3.8) is 0 Å². The lowest BCUT2D eigenvalue weighted by Gasteiger charge is -2.26. The lowest BCUT2D eigenvalue weighted by Crippen LogP contribution is -2.37. The van der Waals surface area contributed by atoms with E-state index in [9.17, 15) is 23.1 Å². The summed E-state index contributed by atoms with van der Waals surface area (Å²) in [6.07, 6.45) is 3.15. The maximum Gasteiger partial charge on any atom is 0.397 e. The fourth-order valence-electron chi connectivity index (χ4n) is 5.14. The third kappa shape index (κ3) is 10.4. The first-order valence-corrected chi connectivity index (χ1v) is 17.9. The molecule has 5 rings (SSSR count). The van der Waals surface area contributed by atoms with E-state index < -0.39 is 30.1 Å². The van der Waals surface area contributed by atoms with Gasteiger partial charge in [0, 0.05) is 42.9 Å². The van der Waals surface area contributed by atoms with Crippen molar-refractivity contribution in [2.75, 3.05) is 29.3 Å². The quantitative estimate of drug-likeness (QED) is 0.181. The van der Waals surface area contributed by atoms with Gasteiger partial charge in [-0.1, -0.05) is 70.4 Å². The van der Waals surface area contributed by atoms with Crippen LogP contribution in [0.5, 0.6) is 5.88 Å². The van der Waals surface area contributed by atoms with Crippen LogP contribution < -0.4 is 14.4 Å². The number of pyridine rings is 2. The second-order valence-corrected chi connectivity index (χ2v) is 13.9. The monoisotopic (exact) mass is 712 g/mol. The summed E-state index contributed by atoms with van der Waals surface area (Å²) in [5.41, 5.74) is 1.34. The van der Waals surface area contributed by atoms with Crippen LogP contribution >= 0.6 is 11.9 Å². The highest BCUT2D eigenvalue weighted by Gasteiger charge is 2.48. The van der Waals surface area contributed by atoms with E-state index in [0.717, 1.165) is 62.9 Å². The van der Waals surface area contributed by atoms with E-state index in [1.807, 2.05) is 53.4 Å². The molecule has 1 aromatic carbocycles. The highest BCUT2D eigenvalue weighted by molar-refractivity contribution is 8.00. The zero-order chi connectivity index (χ0) is 36.3. The topological polar surface area (TPSA) is 105 Å². The molecule has 0 spiro atoms.